The minimum absolute atomic E-state index is 0.00469. The second kappa shape index (κ2) is 8.88. The van der Waals surface area contributed by atoms with Crippen molar-refractivity contribution in [1.29, 1.82) is 0 Å². The van der Waals surface area contributed by atoms with E-state index >= 15 is 0 Å². The Labute approximate surface area is 197 Å². The van der Waals surface area contributed by atoms with Crippen molar-refractivity contribution < 1.29 is 31.1 Å². The first-order chi connectivity index (χ1) is 15.9. The van der Waals surface area contributed by atoms with Crippen molar-refractivity contribution in [2.24, 2.45) is 5.41 Å². The van der Waals surface area contributed by atoms with E-state index in [0.29, 0.717) is 18.7 Å². The van der Waals surface area contributed by atoms with Gasteiger partial charge in [-0.25, -0.2) is 8.42 Å². The van der Waals surface area contributed by atoms with Gasteiger partial charge >= 0.3 is 6.18 Å². The lowest BCUT2D eigenvalue weighted by atomic mass is 9.77. The topological polar surface area (TPSA) is 66.9 Å². The van der Waals surface area contributed by atoms with Crippen LogP contribution >= 0.6 is 0 Å². The molecule has 6 nitrogen and oxygen atoms in total. The number of halogens is 3. The number of carbonyl (C=O) groups excluding carboxylic acids is 1. The third kappa shape index (κ3) is 4.53. The monoisotopic (exact) mass is 496 g/mol. The molecule has 2 aliphatic heterocycles. The summed E-state index contributed by atoms with van der Waals surface area (Å²) in [4.78, 5) is 14.3. The Kier molecular flexibility index (Phi) is 6.41. The van der Waals surface area contributed by atoms with Crippen LogP contribution in [0.25, 0.3) is 0 Å². The van der Waals surface area contributed by atoms with Crippen LogP contribution in [0.3, 0.4) is 0 Å². The highest BCUT2D eigenvalue weighted by atomic mass is 32.2. The van der Waals surface area contributed by atoms with Gasteiger partial charge in [-0.3, -0.25) is 4.79 Å². The van der Waals surface area contributed by atoms with Gasteiger partial charge in [0.25, 0.3) is 0 Å². The zero-order chi connectivity index (χ0) is 24.7. The van der Waals surface area contributed by atoms with Crippen LogP contribution in [0, 0.1) is 5.41 Å². The fourth-order valence-corrected chi connectivity index (χ4v) is 6.38. The number of alkyl halides is 3. The zero-order valence-electron chi connectivity index (χ0n) is 19.0. The maximum Gasteiger partial charge on any atom is 0.417 e. The fraction of sp³-hybridized carbons (Fsp3) is 0.458. The van der Waals surface area contributed by atoms with Crippen molar-refractivity contribution in [2.45, 2.75) is 50.3 Å². The van der Waals surface area contributed by atoms with Gasteiger partial charge < -0.3 is 9.64 Å². The van der Waals surface area contributed by atoms with Crippen LogP contribution in [-0.4, -0.2) is 44.4 Å². The van der Waals surface area contributed by atoms with E-state index in [1.54, 1.807) is 17.0 Å². The van der Waals surface area contributed by atoms with Crippen molar-refractivity contribution in [3.63, 3.8) is 0 Å². The molecule has 0 aliphatic carbocycles. The first kappa shape index (κ1) is 24.5. The predicted molar refractivity (Wildman–Crippen MR) is 121 cm³/mol. The number of piperidine rings is 1. The maximum absolute atomic E-state index is 13.4. The van der Waals surface area contributed by atoms with E-state index in [2.05, 4.69) is 0 Å². The summed E-state index contributed by atoms with van der Waals surface area (Å²) in [5.74, 6) is 0.635. The quantitative estimate of drug-likeness (QED) is 0.602. The summed E-state index contributed by atoms with van der Waals surface area (Å²) in [5.41, 5.74) is -1.14. The molecule has 0 aromatic heterocycles. The lowest BCUT2D eigenvalue weighted by molar-refractivity contribution is -0.139. The van der Waals surface area contributed by atoms with E-state index in [9.17, 15) is 26.4 Å². The van der Waals surface area contributed by atoms with E-state index in [0.717, 1.165) is 22.1 Å². The lowest BCUT2D eigenvalue weighted by Gasteiger charge is -2.37. The molecule has 184 valence electrons. The molecule has 1 amide bonds. The maximum atomic E-state index is 13.4. The molecule has 0 bridgehead atoms. The van der Waals surface area contributed by atoms with Gasteiger partial charge in [0.1, 0.15) is 5.75 Å². The number of ether oxygens (including phenoxy) is 1. The smallest absolute Gasteiger partial charge is 0.417 e. The van der Waals surface area contributed by atoms with Crippen LogP contribution in [0.4, 0.5) is 18.9 Å². The van der Waals surface area contributed by atoms with E-state index in [1.807, 2.05) is 26.0 Å². The van der Waals surface area contributed by atoms with Gasteiger partial charge in [-0.05, 0) is 69.5 Å². The fourth-order valence-electron chi connectivity index (χ4n) is 4.73. The molecule has 34 heavy (non-hydrogen) atoms. The van der Waals surface area contributed by atoms with Gasteiger partial charge in [-0.15, -0.1) is 0 Å². The standard InChI is InChI=1S/C24H27F3N2O4S/c1-17(2)33-19-9-7-18(8-10-19)29-16-13-23(22(29)30)11-14-28(15-12-23)34(31,32)21-6-4-3-5-20(21)24(25,26)27/h3-10,17H,11-16H2,1-2H3. The number of hydrogen-bond donors (Lipinski definition) is 0. The number of amides is 1. The number of anilines is 1. The zero-order valence-corrected chi connectivity index (χ0v) is 19.8. The summed E-state index contributed by atoms with van der Waals surface area (Å²) < 4.78 is 73.0. The van der Waals surface area contributed by atoms with Crippen molar-refractivity contribution in [1.82, 2.24) is 4.31 Å². The van der Waals surface area contributed by atoms with E-state index in [4.69, 9.17) is 4.74 Å². The molecular formula is C24H27F3N2O4S. The minimum atomic E-state index is -4.78. The third-order valence-electron chi connectivity index (χ3n) is 6.52. The van der Waals surface area contributed by atoms with Crippen LogP contribution < -0.4 is 9.64 Å². The average Bonchev–Trinajstić information content (AvgIpc) is 3.09. The van der Waals surface area contributed by atoms with Gasteiger partial charge in [-0.2, -0.15) is 17.5 Å². The first-order valence-electron chi connectivity index (χ1n) is 11.2. The highest BCUT2D eigenvalue weighted by Gasteiger charge is 2.50. The average molecular weight is 497 g/mol. The molecule has 0 N–H and O–H groups in total. The van der Waals surface area contributed by atoms with E-state index < -0.39 is 32.1 Å². The second-order valence-electron chi connectivity index (χ2n) is 9.05. The van der Waals surface area contributed by atoms with Crippen molar-refractivity contribution >= 4 is 21.6 Å². The van der Waals surface area contributed by atoms with Gasteiger partial charge in [0.05, 0.1) is 22.0 Å². The molecular weight excluding hydrogens is 469 g/mol. The molecule has 2 saturated heterocycles. The number of nitrogens with zero attached hydrogens (tertiary/aromatic N) is 2. The van der Waals surface area contributed by atoms with E-state index in [-0.39, 0.29) is 37.9 Å². The Morgan fingerprint density at radius 3 is 2.12 bits per heavy atom. The molecule has 0 atom stereocenters. The third-order valence-corrected chi connectivity index (χ3v) is 8.48. The summed E-state index contributed by atoms with van der Waals surface area (Å²) in [7, 11) is -4.35. The Morgan fingerprint density at radius 2 is 1.53 bits per heavy atom. The summed E-state index contributed by atoms with van der Waals surface area (Å²) in [6.07, 6.45) is -3.64. The largest absolute Gasteiger partial charge is 0.491 e. The lowest BCUT2D eigenvalue weighted by Crippen LogP contribution is -2.46. The molecule has 2 fully saturated rings. The molecule has 2 heterocycles. The molecule has 2 aromatic carbocycles. The van der Waals surface area contributed by atoms with Gasteiger partial charge in [0.2, 0.25) is 15.9 Å². The highest BCUT2D eigenvalue weighted by Crippen LogP contribution is 2.45. The van der Waals surface area contributed by atoms with Crippen LogP contribution in [0.2, 0.25) is 0 Å². The van der Waals surface area contributed by atoms with Crippen molar-refractivity contribution in [2.75, 3.05) is 24.5 Å². The highest BCUT2D eigenvalue weighted by molar-refractivity contribution is 7.89. The number of rotatable bonds is 5. The number of sulfonamides is 1. The number of hydrogen-bond acceptors (Lipinski definition) is 4. The SMILES string of the molecule is CC(C)Oc1ccc(N2CCC3(CCN(S(=O)(=O)c4ccccc4C(F)(F)F)CC3)C2=O)cc1. The number of benzene rings is 2. The second-order valence-corrected chi connectivity index (χ2v) is 11.0. The molecule has 2 aliphatic rings. The van der Waals surface area contributed by atoms with E-state index in [1.165, 1.54) is 12.1 Å². The summed E-state index contributed by atoms with van der Waals surface area (Å²) in [6, 6.07) is 11.5. The molecule has 0 unspecified atom stereocenters. The van der Waals surface area contributed by atoms with Gasteiger partial charge in [0.15, 0.2) is 0 Å². The Hall–Kier alpha value is -2.59. The van der Waals surface area contributed by atoms with Crippen molar-refractivity contribution in [3.05, 3.63) is 54.1 Å². The number of carbonyl (C=O) groups is 1. The Morgan fingerprint density at radius 1 is 0.941 bits per heavy atom. The predicted octanol–water partition coefficient (Wildman–Crippen LogP) is 4.70. The molecule has 4 rings (SSSR count). The summed E-state index contributed by atoms with van der Waals surface area (Å²) in [6.45, 7) is 4.35. The minimum Gasteiger partial charge on any atom is -0.491 e. The molecule has 1 spiro atoms. The normalized spacial score (nSPS) is 19.2. The molecule has 0 saturated carbocycles. The van der Waals surface area contributed by atoms with Gasteiger partial charge in [-0.1, -0.05) is 12.1 Å². The van der Waals surface area contributed by atoms with Crippen molar-refractivity contribution in [3.8, 4) is 5.75 Å². The van der Waals surface area contributed by atoms with Crippen LogP contribution in [0.5, 0.6) is 5.75 Å². The summed E-state index contributed by atoms with van der Waals surface area (Å²) in [5, 5.41) is 0. The molecule has 2 aromatic rings. The molecule has 10 heteroatoms. The Balaban J connectivity index is 1.48. The summed E-state index contributed by atoms with van der Waals surface area (Å²) >= 11 is 0. The van der Waals surface area contributed by atoms with Crippen LogP contribution in [-0.2, 0) is 21.0 Å². The first-order valence-corrected chi connectivity index (χ1v) is 12.6. The van der Waals surface area contributed by atoms with Gasteiger partial charge in [0, 0.05) is 25.3 Å². The Bertz CT molecular complexity index is 1160. The molecule has 0 radical (unpaired) electrons. The van der Waals surface area contributed by atoms with Crippen LogP contribution in [0.15, 0.2) is 53.4 Å². The van der Waals surface area contributed by atoms with Crippen LogP contribution in [0.1, 0.15) is 38.7 Å².